The normalized spacial score (nSPS) is 10.5. The van der Waals surface area contributed by atoms with Crippen molar-refractivity contribution in [3.8, 4) is 0 Å². The second-order valence-corrected chi connectivity index (χ2v) is 2.77. The molecule has 0 aliphatic rings. The van der Waals surface area contributed by atoms with Gasteiger partial charge in [0.2, 0.25) is 0 Å². The van der Waals surface area contributed by atoms with Crippen molar-refractivity contribution in [3.63, 3.8) is 0 Å². The van der Waals surface area contributed by atoms with Gasteiger partial charge in [0.05, 0.1) is 10.6 Å². The lowest BCUT2D eigenvalue weighted by Crippen LogP contribution is -1.95. The molecule has 0 saturated carbocycles. The lowest BCUT2D eigenvalue weighted by molar-refractivity contribution is -0.385. The molecule has 0 aromatic carbocycles. The maximum Gasteiger partial charge on any atom is 0.328 e. The summed E-state index contributed by atoms with van der Waals surface area (Å²) in [5.74, 6) is -1.09. The van der Waals surface area contributed by atoms with Crippen LogP contribution < -0.4 is 0 Å². The molecule has 0 saturated heterocycles. The molecule has 78 valence electrons. The van der Waals surface area contributed by atoms with Gasteiger partial charge in [-0.15, -0.1) is 0 Å². The molecule has 1 rings (SSSR count). The van der Waals surface area contributed by atoms with Crippen LogP contribution in [0, 0.1) is 17.0 Å². The summed E-state index contributed by atoms with van der Waals surface area (Å²) in [6.45, 7) is 1.50. The average molecular weight is 208 g/mol. The molecule has 6 heteroatoms. The molecule has 0 unspecified atom stereocenters. The summed E-state index contributed by atoms with van der Waals surface area (Å²) in [5, 5.41) is 18.8. The molecule has 15 heavy (non-hydrogen) atoms. The van der Waals surface area contributed by atoms with Gasteiger partial charge in [-0.1, -0.05) is 0 Å². The van der Waals surface area contributed by atoms with Crippen molar-refractivity contribution in [1.29, 1.82) is 0 Å². The SMILES string of the molecule is Cc1nc(C=CC(=O)O)ccc1[N+](=O)[O-]. The van der Waals surface area contributed by atoms with Crippen LogP contribution in [-0.2, 0) is 4.79 Å². The lowest BCUT2D eigenvalue weighted by atomic mass is 10.2. The van der Waals surface area contributed by atoms with E-state index in [9.17, 15) is 14.9 Å². The first-order valence-electron chi connectivity index (χ1n) is 4.04. The molecule has 0 aliphatic heterocycles. The molecule has 0 bridgehead atoms. The Kier molecular flexibility index (Phi) is 3.12. The molecule has 0 spiro atoms. The van der Waals surface area contributed by atoms with Gasteiger partial charge in [0, 0.05) is 12.1 Å². The summed E-state index contributed by atoms with van der Waals surface area (Å²) >= 11 is 0. The highest BCUT2D eigenvalue weighted by Crippen LogP contribution is 2.15. The van der Waals surface area contributed by atoms with Gasteiger partial charge in [-0.3, -0.25) is 10.1 Å². The van der Waals surface area contributed by atoms with Gasteiger partial charge in [0.25, 0.3) is 5.69 Å². The Morgan fingerprint density at radius 1 is 1.60 bits per heavy atom. The van der Waals surface area contributed by atoms with Gasteiger partial charge in [0.1, 0.15) is 5.69 Å². The number of pyridine rings is 1. The van der Waals surface area contributed by atoms with Gasteiger partial charge in [-0.05, 0) is 19.1 Å². The Labute approximate surface area is 85.0 Å². The van der Waals surface area contributed by atoms with E-state index in [1.165, 1.54) is 25.1 Å². The summed E-state index contributed by atoms with van der Waals surface area (Å²) in [4.78, 5) is 24.0. The number of aliphatic carboxylic acids is 1. The van der Waals surface area contributed by atoms with Crippen molar-refractivity contribution in [2.24, 2.45) is 0 Å². The fourth-order valence-corrected chi connectivity index (χ4v) is 1.02. The van der Waals surface area contributed by atoms with E-state index in [-0.39, 0.29) is 11.4 Å². The van der Waals surface area contributed by atoms with Crippen molar-refractivity contribution in [3.05, 3.63) is 39.7 Å². The maximum atomic E-state index is 10.5. The molecule has 0 radical (unpaired) electrons. The highest BCUT2D eigenvalue weighted by Gasteiger charge is 2.10. The minimum atomic E-state index is -1.09. The molecule has 0 amide bonds. The third-order valence-corrected chi connectivity index (χ3v) is 1.67. The van der Waals surface area contributed by atoms with Gasteiger partial charge < -0.3 is 5.11 Å². The number of carboxylic acids is 1. The fraction of sp³-hybridized carbons (Fsp3) is 0.111. The zero-order chi connectivity index (χ0) is 11.4. The Hall–Kier alpha value is -2.24. The number of carboxylic acid groups (broad SMARTS) is 1. The van der Waals surface area contributed by atoms with Gasteiger partial charge >= 0.3 is 5.97 Å². The fourth-order valence-electron chi connectivity index (χ4n) is 1.02. The number of hydrogen-bond donors (Lipinski definition) is 1. The Balaban J connectivity index is 3.01. The summed E-state index contributed by atoms with van der Waals surface area (Å²) in [7, 11) is 0. The van der Waals surface area contributed by atoms with Crippen LogP contribution in [0.25, 0.3) is 6.08 Å². The van der Waals surface area contributed by atoms with Crippen molar-refractivity contribution >= 4 is 17.7 Å². The smallest absolute Gasteiger partial charge is 0.328 e. The first-order chi connectivity index (χ1) is 7.00. The van der Waals surface area contributed by atoms with Gasteiger partial charge in [-0.25, -0.2) is 9.78 Å². The highest BCUT2D eigenvalue weighted by molar-refractivity contribution is 5.84. The summed E-state index contributed by atoms with van der Waals surface area (Å²) < 4.78 is 0. The molecule has 0 atom stereocenters. The van der Waals surface area contributed by atoms with E-state index in [1.807, 2.05) is 0 Å². The predicted octanol–water partition coefficient (Wildman–Crippen LogP) is 1.40. The second-order valence-electron chi connectivity index (χ2n) is 2.77. The molecule has 0 aliphatic carbocycles. The number of rotatable bonds is 3. The number of carbonyl (C=O) groups is 1. The van der Waals surface area contributed by atoms with Crippen molar-refractivity contribution < 1.29 is 14.8 Å². The van der Waals surface area contributed by atoms with Crippen molar-refractivity contribution in [1.82, 2.24) is 4.98 Å². The van der Waals surface area contributed by atoms with E-state index in [4.69, 9.17) is 5.11 Å². The summed E-state index contributed by atoms with van der Waals surface area (Å²) in [5.41, 5.74) is 0.551. The highest BCUT2D eigenvalue weighted by atomic mass is 16.6. The molecular formula is C9H8N2O4. The third-order valence-electron chi connectivity index (χ3n) is 1.67. The van der Waals surface area contributed by atoms with Crippen LogP contribution in [0.2, 0.25) is 0 Å². The zero-order valence-electron chi connectivity index (χ0n) is 7.88. The lowest BCUT2D eigenvalue weighted by Gasteiger charge is -1.97. The van der Waals surface area contributed by atoms with Crippen LogP contribution in [0.3, 0.4) is 0 Å². The quantitative estimate of drug-likeness (QED) is 0.460. The number of nitrogens with zero attached hydrogens (tertiary/aromatic N) is 2. The van der Waals surface area contributed by atoms with Crippen LogP contribution in [-0.4, -0.2) is 21.0 Å². The van der Waals surface area contributed by atoms with Gasteiger partial charge in [0.15, 0.2) is 0 Å². The van der Waals surface area contributed by atoms with E-state index < -0.39 is 10.9 Å². The standard InChI is InChI=1S/C9H8N2O4/c1-6-8(11(14)15)4-2-7(10-6)3-5-9(12)13/h2-5H,1H3,(H,12,13). The third kappa shape index (κ3) is 2.87. The molecule has 1 aromatic rings. The molecule has 0 fully saturated rings. The zero-order valence-corrected chi connectivity index (χ0v) is 7.88. The van der Waals surface area contributed by atoms with E-state index >= 15 is 0 Å². The molecule has 1 heterocycles. The Morgan fingerprint density at radius 2 is 2.27 bits per heavy atom. The van der Waals surface area contributed by atoms with Crippen LogP contribution >= 0.6 is 0 Å². The molecule has 1 aromatic heterocycles. The summed E-state index contributed by atoms with van der Waals surface area (Å²) in [6, 6.07) is 2.69. The van der Waals surface area contributed by atoms with Crippen molar-refractivity contribution in [2.75, 3.05) is 0 Å². The Morgan fingerprint density at radius 3 is 2.73 bits per heavy atom. The van der Waals surface area contributed by atoms with Crippen LogP contribution in [0.15, 0.2) is 18.2 Å². The summed E-state index contributed by atoms with van der Waals surface area (Å²) in [6.07, 6.45) is 2.20. The monoisotopic (exact) mass is 208 g/mol. The molecule has 1 N–H and O–H groups in total. The number of aryl methyl sites for hydroxylation is 1. The van der Waals surface area contributed by atoms with Crippen molar-refractivity contribution in [2.45, 2.75) is 6.92 Å². The van der Waals surface area contributed by atoms with E-state index in [2.05, 4.69) is 4.98 Å². The minimum absolute atomic E-state index is 0.0810. The number of hydrogen-bond acceptors (Lipinski definition) is 4. The largest absolute Gasteiger partial charge is 0.478 e. The Bertz CT molecular complexity index is 440. The topological polar surface area (TPSA) is 93.3 Å². The van der Waals surface area contributed by atoms with Crippen LogP contribution in [0.1, 0.15) is 11.4 Å². The van der Waals surface area contributed by atoms with E-state index in [1.54, 1.807) is 0 Å². The van der Waals surface area contributed by atoms with E-state index in [0.29, 0.717) is 5.69 Å². The number of aromatic nitrogens is 1. The second kappa shape index (κ2) is 4.32. The number of nitro groups is 1. The van der Waals surface area contributed by atoms with E-state index in [0.717, 1.165) is 6.08 Å². The molecule has 6 nitrogen and oxygen atoms in total. The minimum Gasteiger partial charge on any atom is -0.478 e. The molecular weight excluding hydrogens is 200 g/mol. The van der Waals surface area contributed by atoms with Gasteiger partial charge in [-0.2, -0.15) is 0 Å². The van der Waals surface area contributed by atoms with Crippen LogP contribution in [0.5, 0.6) is 0 Å². The first kappa shape index (κ1) is 10.8. The average Bonchev–Trinajstić information content (AvgIpc) is 2.14. The van der Waals surface area contributed by atoms with Crippen LogP contribution in [0.4, 0.5) is 5.69 Å². The first-order valence-corrected chi connectivity index (χ1v) is 4.04. The predicted molar refractivity (Wildman–Crippen MR) is 52.3 cm³/mol. The maximum absolute atomic E-state index is 10.5.